The second-order valence-electron chi connectivity index (χ2n) is 9.94. The van der Waals surface area contributed by atoms with Gasteiger partial charge in [0.05, 0.1) is 20.8 Å². The number of likely N-dealkylation sites (tertiary alicyclic amines) is 1. The Morgan fingerprint density at radius 3 is 2.45 bits per heavy atom. The second-order valence-corrected chi connectivity index (χ2v) is 10.8. The predicted molar refractivity (Wildman–Crippen MR) is 149 cm³/mol. The minimum atomic E-state index is -1.07. The number of hydrogen-bond acceptors (Lipinski definition) is 4. The van der Waals surface area contributed by atoms with E-state index in [1.165, 1.54) is 0 Å². The number of amides is 2. The third kappa shape index (κ3) is 4.61. The molecule has 198 valence electrons. The number of carbonyl (C=O) groups excluding carboxylic acids is 2. The van der Waals surface area contributed by atoms with Gasteiger partial charge in [-0.1, -0.05) is 35.3 Å². The van der Waals surface area contributed by atoms with Crippen LogP contribution in [0.3, 0.4) is 0 Å². The molecule has 2 aliphatic heterocycles. The molecule has 0 bridgehead atoms. The lowest BCUT2D eigenvalue weighted by Crippen LogP contribution is -2.39. The zero-order valence-electron chi connectivity index (χ0n) is 21.7. The number of rotatable bonds is 7. The van der Waals surface area contributed by atoms with Crippen LogP contribution in [-0.4, -0.2) is 37.5 Å². The highest BCUT2D eigenvalue weighted by Gasteiger charge is 2.50. The van der Waals surface area contributed by atoms with Crippen molar-refractivity contribution in [3.63, 3.8) is 0 Å². The second kappa shape index (κ2) is 10.5. The maximum absolute atomic E-state index is 14.3. The van der Waals surface area contributed by atoms with Crippen molar-refractivity contribution in [1.82, 2.24) is 4.90 Å². The molecule has 1 fully saturated rings. The van der Waals surface area contributed by atoms with Gasteiger partial charge in [0.2, 0.25) is 11.8 Å². The first-order chi connectivity index (χ1) is 18.3. The average molecular weight is 553 g/mol. The zero-order chi connectivity index (χ0) is 27.0. The number of piperidine rings is 1. The van der Waals surface area contributed by atoms with Crippen LogP contribution in [0.4, 0.5) is 5.69 Å². The molecule has 1 atom stereocenters. The van der Waals surface area contributed by atoms with Crippen molar-refractivity contribution < 1.29 is 19.1 Å². The molecule has 1 unspecified atom stereocenters. The number of nitrogens with zero attached hydrogens (tertiary/aromatic N) is 2. The summed E-state index contributed by atoms with van der Waals surface area (Å²) < 4.78 is 10.9. The molecular formula is C30H30Cl2N2O4. The summed E-state index contributed by atoms with van der Waals surface area (Å²) in [5.74, 6) is 1.35. The first-order valence-corrected chi connectivity index (χ1v) is 13.4. The molecule has 6 nitrogen and oxygen atoms in total. The maximum Gasteiger partial charge on any atom is 0.242 e. The fraction of sp³-hybridized carbons (Fsp3) is 0.333. The van der Waals surface area contributed by atoms with Gasteiger partial charge in [0, 0.05) is 46.9 Å². The van der Waals surface area contributed by atoms with Crippen LogP contribution < -0.4 is 14.4 Å². The number of halogens is 2. The van der Waals surface area contributed by atoms with E-state index >= 15 is 0 Å². The Morgan fingerprint density at radius 1 is 0.895 bits per heavy atom. The predicted octanol–water partition coefficient (Wildman–Crippen LogP) is 6.38. The van der Waals surface area contributed by atoms with Gasteiger partial charge in [-0.3, -0.25) is 9.59 Å². The normalized spacial score (nSPS) is 19.1. The van der Waals surface area contributed by atoms with E-state index in [0.717, 1.165) is 41.8 Å². The van der Waals surface area contributed by atoms with E-state index in [4.69, 9.17) is 32.7 Å². The summed E-state index contributed by atoms with van der Waals surface area (Å²) in [6.45, 7) is 3.42. The largest absolute Gasteiger partial charge is 0.497 e. The Labute approximate surface area is 233 Å². The van der Waals surface area contributed by atoms with Crippen molar-refractivity contribution in [2.75, 3.05) is 25.7 Å². The molecule has 2 amide bonds. The molecule has 5 rings (SSSR count). The maximum atomic E-state index is 14.3. The smallest absolute Gasteiger partial charge is 0.242 e. The summed E-state index contributed by atoms with van der Waals surface area (Å²) in [7, 11) is 3.20. The first kappa shape index (κ1) is 26.4. The highest BCUT2D eigenvalue weighted by Crippen LogP contribution is 2.49. The van der Waals surface area contributed by atoms with Gasteiger partial charge in [0.25, 0.3) is 0 Å². The monoisotopic (exact) mass is 552 g/mol. The minimum absolute atomic E-state index is 0.110. The van der Waals surface area contributed by atoms with Crippen LogP contribution in [0.1, 0.15) is 48.4 Å². The molecule has 1 saturated heterocycles. The van der Waals surface area contributed by atoms with Crippen molar-refractivity contribution in [3.8, 4) is 11.5 Å². The lowest BCUT2D eigenvalue weighted by Gasteiger charge is -2.29. The molecule has 2 aliphatic rings. The van der Waals surface area contributed by atoms with E-state index in [0.29, 0.717) is 46.6 Å². The van der Waals surface area contributed by atoms with E-state index in [-0.39, 0.29) is 11.8 Å². The third-order valence-corrected chi connectivity index (χ3v) is 8.21. The molecular weight excluding hydrogens is 523 g/mol. The number of methoxy groups -OCH3 is 2. The minimum Gasteiger partial charge on any atom is -0.497 e. The zero-order valence-corrected chi connectivity index (χ0v) is 23.2. The van der Waals surface area contributed by atoms with E-state index in [1.807, 2.05) is 54.3 Å². The third-order valence-electron chi connectivity index (χ3n) is 7.65. The van der Waals surface area contributed by atoms with Crippen molar-refractivity contribution in [1.29, 1.82) is 0 Å². The Hall–Kier alpha value is -3.22. The van der Waals surface area contributed by atoms with Gasteiger partial charge in [0.1, 0.15) is 16.9 Å². The van der Waals surface area contributed by atoms with Crippen molar-refractivity contribution in [3.05, 3.63) is 86.9 Å². The number of ether oxygens (including phenoxy) is 2. The summed E-state index contributed by atoms with van der Waals surface area (Å²) in [4.78, 5) is 30.4. The Kier molecular flexibility index (Phi) is 7.30. The van der Waals surface area contributed by atoms with Gasteiger partial charge < -0.3 is 19.3 Å². The first-order valence-electron chi connectivity index (χ1n) is 12.7. The molecule has 38 heavy (non-hydrogen) atoms. The van der Waals surface area contributed by atoms with Crippen LogP contribution in [0, 0.1) is 0 Å². The Bertz CT molecular complexity index is 1410. The fourth-order valence-corrected chi connectivity index (χ4v) is 5.99. The lowest BCUT2D eigenvalue weighted by atomic mass is 9.76. The number of fused-ring (bicyclic) bond motifs is 1. The SMILES string of the molecule is COc1ccc(CN2C(=O)C(C)(c3cc(CN4CCCCC4=O)ccc3Cl)c3cc(Cl)ccc32)c(OC)c1. The van der Waals surface area contributed by atoms with E-state index < -0.39 is 5.41 Å². The highest BCUT2D eigenvalue weighted by molar-refractivity contribution is 6.32. The molecule has 0 saturated carbocycles. The number of carbonyl (C=O) groups is 2. The molecule has 0 aromatic heterocycles. The summed E-state index contributed by atoms with van der Waals surface area (Å²) in [5, 5.41) is 1.03. The standard InChI is InChI=1S/C30H30Cl2N2O4/c1-30(23-14-19(7-11-25(23)32)17-33-13-5-4-6-28(33)35)24-15-21(31)9-12-26(24)34(29(30)36)18-20-8-10-22(37-2)16-27(20)38-3/h7-12,14-16H,4-6,13,17-18H2,1-3H3. The van der Waals surface area contributed by atoms with Crippen LogP contribution >= 0.6 is 23.2 Å². The van der Waals surface area contributed by atoms with E-state index in [9.17, 15) is 9.59 Å². The summed E-state index contributed by atoms with van der Waals surface area (Å²) in [6, 6.07) is 16.8. The molecule has 0 radical (unpaired) electrons. The van der Waals surface area contributed by atoms with Gasteiger partial charge in [-0.05, 0) is 72.9 Å². The topological polar surface area (TPSA) is 59.1 Å². The Morgan fingerprint density at radius 2 is 1.71 bits per heavy atom. The average Bonchev–Trinajstić information content (AvgIpc) is 3.13. The molecule has 2 heterocycles. The molecule has 0 N–H and O–H groups in total. The quantitative estimate of drug-likeness (QED) is 0.341. The summed E-state index contributed by atoms with van der Waals surface area (Å²) >= 11 is 13.2. The van der Waals surface area contributed by atoms with Crippen LogP contribution in [0.2, 0.25) is 10.0 Å². The van der Waals surface area contributed by atoms with Crippen molar-refractivity contribution in [2.24, 2.45) is 0 Å². The Balaban J connectivity index is 1.56. The van der Waals surface area contributed by atoms with Gasteiger partial charge in [-0.2, -0.15) is 0 Å². The molecule has 0 aliphatic carbocycles. The fourth-order valence-electron chi connectivity index (χ4n) is 5.51. The highest BCUT2D eigenvalue weighted by atomic mass is 35.5. The van der Waals surface area contributed by atoms with E-state index in [1.54, 1.807) is 31.3 Å². The summed E-state index contributed by atoms with van der Waals surface area (Å²) in [6.07, 6.45) is 2.50. The van der Waals surface area contributed by atoms with Crippen LogP contribution in [-0.2, 0) is 28.1 Å². The van der Waals surface area contributed by atoms with E-state index in [2.05, 4.69) is 0 Å². The van der Waals surface area contributed by atoms with Crippen molar-refractivity contribution in [2.45, 2.75) is 44.7 Å². The molecule has 8 heteroatoms. The lowest BCUT2D eigenvalue weighted by molar-refractivity contribution is -0.133. The number of anilines is 1. The van der Waals surface area contributed by atoms with Crippen molar-refractivity contribution >= 4 is 40.7 Å². The number of hydrogen-bond donors (Lipinski definition) is 0. The molecule has 3 aromatic carbocycles. The van der Waals surface area contributed by atoms with Crippen LogP contribution in [0.5, 0.6) is 11.5 Å². The van der Waals surface area contributed by atoms with Crippen LogP contribution in [0.15, 0.2) is 54.6 Å². The molecule has 0 spiro atoms. The molecule has 3 aromatic rings. The van der Waals surface area contributed by atoms with Gasteiger partial charge in [-0.25, -0.2) is 0 Å². The van der Waals surface area contributed by atoms with Gasteiger partial charge >= 0.3 is 0 Å². The van der Waals surface area contributed by atoms with Gasteiger partial charge in [0.15, 0.2) is 0 Å². The summed E-state index contributed by atoms with van der Waals surface area (Å²) in [5.41, 5.74) is 2.96. The number of benzene rings is 3. The van der Waals surface area contributed by atoms with Gasteiger partial charge in [-0.15, -0.1) is 0 Å². The van der Waals surface area contributed by atoms with Crippen LogP contribution in [0.25, 0.3) is 0 Å².